The Balaban J connectivity index is 1.97. The second-order valence-corrected chi connectivity index (χ2v) is 5.65. The van der Waals surface area contributed by atoms with Gasteiger partial charge in [0.1, 0.15) is 0 Å². The first kappa shape index (κ1) is 12.8. The molecule has 2 heterocycles. The van der Waals surface area contributed by atoms with Gasteiger partial charge in [-0.3, -0.25) is 5.43 Å². The van der Waals surface area contributed by atoms with Crippen LogP contribution in [0.15, 0.2) is 28.8 Å². The molecule has 2 aromatic rings. The molecule has 0 fully saturated rings. The first-order valence-electron chi connectivity index (χ1n) is 5.72. The van der Waals surface area contributed by atoms with Gasteiger partial charge in [0.2, 0.25) is 5.16 Å². The van der Waals surface area contributed by atoms with Gasteiger partial charge in [0.05, 0.1) is 10.7 Å². The van der Waals surface area contributed by atoms with Crippen molar-refractivity contribution in [3.8, 4) is 0 Å². The van der Waals surface area contributed by atoms with Crippen molar-refractivity contribution in [3.05, 3.63) is 45.0 Å². The fraction of sp³-hybridized carbons (Fsp3) is 0.167. The summed E-state index contributed by atoms with van der Waals surface area (Å²) in [6, 6.07) is 5.44. The highest BCUT2D eigenvalue weighted by Gasteiger charge is 2.18. The van der Waals surface area contributed by atoms with Crippen LogP contribution < -0.4 is 5.43 Å². The molecule has 0 spiro atoms. The topological polar surface area (TPSA) is 42.7 Å². The Morgan fingerprint density at radius 3 is 2.89 bits per heavy atom. The molecule has 1 aromatic carbocycles. The third-order valence-corrected chi connectivity index (χ3v) is 4.13. The summed E-state index contributed by atoms with van der Waals surface area (Å²) < 4.78 is 1.88. The highest BCUT2D eigenvalue weighted by Crippen LogP contribution is 2.32. The van der Waals surface area contributed by atoms with E-state index in [1.807, 2.05) is 29.1 Å². The molecule has 7 heteroatoms. The number of hydrogen-bond acceptors (Lipinski definition) is 4. The van der Waals surface area contributed by atoms with Gasteiger partial charge in [-0.2, -0.15) is 0 Å². The fourth-order valence-corrected chi connectivity index (χ4v) is 3.07. The van der Waals surface area contributed by atoms with Crippen LogP contribution in [0, 0.1) is 0 Å². The highest BCUT2D eigenvalue weighted by molar-refractivity contribution is 8.02. The predicted octanol–water partition coefficient (Wildman–Crippen LogP) is 3.80. The van der Waals surface area contributed by atoms with Gasteiger partial charge in [0.25, 0.3) is 0 Å². The molecule has 0 bridgehead atoms. The Morgan fingerprint density at radius 2 is 2.16 bits per heavy atom. The molecular weight excluding hydrogens is 303 g/mol. The normalized spacial score (nSPS) is 13.7. The van der Waals surface area contributed by atoms with Crippen molar-refractivity contribution in [2.75, 3.05) is 5.43 Å². The van der Waals surface area contributed by atoms with E-state index < -0.39 is 0 Å². The van der Waals surface area contributed by atoms with E-state index in [9.17, 15) is 0 Å². The van der Waals surface area contributed by atoms with Crippen molar-refractivity contribution in [1.82, 2.24) is 14.9 Å². The SMILES string of the molecule is CCc1nnc2n1NC(c1ccc(Cl)cc1Cl)=CS2. The van der Waals surface area contributed by atoms with E-state index in [2.05, 4.69) is 15.6 Å². The summed E-state index contributed by atoms with van der Waals surface area (Å²) in [6.45, 7) is 2.04. The first-order chi connectivity index (χ1) is 9.19. The zero-order chi connectivity index (χ0) is 13.4. The summed E-state index contributed by atoms with van der Waals surface area (Å²) in [5.41, 5.74) is 5.09. The highest BCUT2D eigenvalue weighted by atomic mass is 35.5. The summed E-state index contributed by atoms with van der Waals surface area (Å²) in [4.78, 5) is 0. The lowest BCUT2D eigenvalue weighted by Crippen LogP contribution is -2.19. The molecular formula is C12H10Cl2N4S. The molecule has 0 atom stereocenters. The zero-order valence-electron chi connectivity index (χ0n) is 10.0. The molecule has 0 unspecified atom stereocenters. The van der Waals surface area contributed by atoms with Gasteiger partial charge in [0, 0.05) is 22.4 Å². The monoisotopic (exact) mass is 312 g/mol. The lowest BCUT2D eigenvalue weighted by molar-refractivity contribution is 0.773. The van der Waals surface area contributed by atoms with Crippen LogP contribution >= 0.6 is 35.0 Å². The second-order valence-electron chi connectivity index (χ2n) is 3.97. The van der Waals surface area contributed by atoms with Crippen LogP contribution in [0.5, 0.6) is 0 Å². The number of halogens is 2. The third kappa shape index (κ3) is 2.33. The van der Waals surface area contributed by atoms with Crippen LogP contribution in [0.3, 0.4) is 0 Å². The van der Waals surface area contributed by atoms with E-state index in [1.165, 1.54) is 11.8 Å². The molecule has 0 aliphatic carbocycles. The third-order valence-electron chi connectivity index (χ3n) is 2.75. The minimum Gasteiger partial charge on any atom is -0.290 e. The molecule has 19 heavy (non-hydrogen) atoms. The van der Waals surface area contributed by atoms with Crippen molar-refractivity contribution in [1.29, 1.82) is 0 Å². The van der Waals surface area contributed by atoms with E-state index in [4.69, 9.17) is 23.2 Å². The summed E-state index contributed by atoms with van der Waals surface area (Å²) in [5, 5.41) is 12.3. The molecule has 1 N–H and O–H groups in total. The number of rotatable bonds is 2. The lowest BCUT2D eigenvalue weighted by Gasteiger charge is -2.19. The average Bonchev–Trinajstić information content (AvgIpc) is 2.80. The van der Waals surface area contributed by atoms with Gasteiger partial charge < -0.3 is 0 Å². The maximum Gasteiger partial charge on any atom is 0.214 e. The molecule has 1 aromatic heterocycles. The maximum absolute atomic E-state index is 6.22. The second kappa shape index (κ2) is 5.07. The van der Waals surface area contributed by atoms with Gasteiger partial charge in [-0.25, -0.2) is 4.68 Å². The molecule has 0 saturated carbocycles. The molecule has 1 aliphatic rings. The van der Waals surface area contributed by atoms with Gasteiger partial charge >= 0.3 is 0 Å². The Hall–Kier alpha value is -1.17. The van der Waals surface area contributed by atoms with Crippen LogP contribution in [0.1, 0.15) is 18.3 Å². The van der Waals surface area contributed by atoms with E-state index >= 15 is 0 Å². The minimum atomic E-state index is 0.612. The summed E-state index contributed by atoms with van der Waals surface area (Å²) in [7, 11) is 0. The van der Waals surface area contributed by atoms with Crippen LogP contribution in [-0.4, -0.2) is 14.9 Å². The molecule has 1 aliphatic heterocycles. The molecule has 3 rings (SSSR count). The lowest BCUT2D eigenvalue weighted by atomic mass is 10.2. The Labute approximate surface area is 124 Å². The van der Waals surface area contributed by atoms with Crippen LogP contribution in [0.25, 0.3) is 5.70 Å². The van der Waals surface area contributed by atoms with Crippen LogP contribution in [-0.2, 0) is 6.42 Å². The molecule has 0 saturated heterocycles. The number of benzene rings is 1. The first-order valence-corrected chi connectivity index (χ1v) is 7.36. The molecule has 4 nitrogen and oxygen atoms in total. The van der Waals surface area contributed by atoms with Crippen molar-refractivity contribution >= 4 is 40.7 Å². The Kier molecular flexibility index (Phi) is 3.43. The van der Waals surface area contributed by atoms with Gasteiger partial charge in [0.15, 0.2) is 5.82 Å². The minimum absolute atomic E-state index is 0.612. The quantitative estimate of drug-likeness (QED) is 0.916. The number of nitrogens with one attached hydrogen (secondary N) is 1. The maximum atomic E-state index is 6.22. The van der Waals surface area contributed by atoms with Gasteiger partial charge in [-0.15, -0.1) is 10.2 Å². The number of thioether (sulfide) groups is 1. The number of aromatic nitrogens is 3. The molecule has 0 amide bonds. The van der Waals surface area contributed by atoms with Crippen molar-refractivity contribution in [3.63, 3.8) is 0 Å². The van der Waals surface area contributed by atoms with Crippen molar-refractivity contribution in [2.45, 2.75) is 18.5 Å². The summed E-state index contributed by atoms with van der Waals surface area (Å²) in [6.07, 6.45) is 0.808. The van der Waals surface area contributed by atoms with E-state index in [0.29, 0.717) is 10.0 Å². The van der Waals surface area contributed by atoms with Crippen LogP contribution in [0.4, 0.5) is 0 Å². The molecule has 98 valence electrons. The molecule has 0 radical (unpaired) electrons. The predicted molar refractivity (Wildman–Crippen MR) is 79.1 cm³/mol. The van der Waals surface area contributed by atoms with Gasteiger partial charge in [-0.1, -0.05) is 41.9 Å². The van der Waals surface area contributed by atoms with Crippen molar-refractivity contribution in [2.24, 2.45) is 0 Å². The zero-order valence-corrected chi connectivity index (χ0v) is 12.4. The number of fused-ring (bicyclic) bond motifs is 1. The average molecular weight is 313 g/mol. The number of aryl methyl sites for hydroxylation is 1. The van der Waals surface area contributed by atoms with E-state index in [1.54, 1.807) is 6.07 Å². The standard InChI is InChI=1S/C12H10Cl2N4S/c1-2-11-15-16-12-18(11)17-10(6-19-12)8-4-3-7(13)5-9(8)14/h3-6,17H,2H2,1H3. The summed E-state index contributed by atoms with van der Waals surface area (Å²) >= 11 is 13.6. The smallest absolute Gasteiger partial charge is 0.214 e. The largest absolute Gasteiger partial charge is 0.290 e. The fourth-order valence-electron chi connectivity index (χ4n) is 1.81. The van der Waals surface area contributed by atoms with E-state index in [-0.39, 0.29) is 0 Å². The van der Waals surface area contributed by atoms with Crippen molar-refractivity contribution < 1.29 is 0 Å². The Bertz CT molecular complexity index is 666. The van der Waals surface area contributed by atoms with E-state index in [0.717, 1.165) is 28.7 Å². The van der Waals surface area contributed by atoms with Crippen LogP contribution in [0.2, 0.25) is 10.0 Å². The van der Waals surface area contributed by atoms with Gasteiger partial charge in [-0.05, 0) is 18.2 Å². The Morgan fingerprint density at radius 1 is 1.32 bits per heavy atom. The number of hydrogen-bond donors (Lipinski definition) is 1. The summed E-state index contributed by atoms with van der Waals surface area (Å²) in [5.74, 6) is 0.887. The number of nitrogens with zero attached hydrogens (tertiary/aromatic N) is 3.